The van der Waals surface area contributed by atoms with Crippen molar-refractivity contribution in [3.63, 3.8) is 0 Å². The van der Waals surface area contributed by atoms with Crippen LogP contribution in [-0.4, -0.2) is 36.1 Å². The zero-order valence-electron chi connectivity index (χ0n) is 16.4. The number of nitrogens with one attached hydrogen (secondary N) is 1. The number of urea groups is 1. The van der Waals surface area contributed by atoms with E-state index in [4.69, 9.17) is 4.42 Å². The summed E-state index contributed by atoms with van der Waals surface area (Å²) in [6.07, 6.45) is 4.31. The molecule has 0 aliphatic carbocycles. The molecule has 1 fully saturated rings. The second-order valence-corrected chi connectivity index (χ2v) is 7.35. The number of furan rings is 1. The number of benzene rings is 1. The maximum Gasteiger partial charge on any atom is 0.318 e. The van der Waals surface area contributed by atoms with Crippen molar-refractivity contribution in [2.75, 3.05) is 25.0 Å². The smallest absolute Gasteiger partial charge is 0.318 e. The average Bonchev–Trinajstić information content (AvgIpc) is 3.41. The first kappa shape index (κ1) is 18.3. The van der Waals surface area contributed by atoms with E-state index in [0.717, 1.165) is 41.2 Å². The number of rotatable bonds is 5. The monoisotopic (exact) mass is 378 g/mol. The SMILES string of the molecule is CC(c1cc2ccccc2o1)N(C)C(=O)NCc1ccc(N2CCCC2)nc1. The number of aromatic nitrogens is 1. The molecule has 0 spiro atoms. The van der Waals surface area contributed by atoms with Crippen molar-refractivity contribution in [3.8, 4) is 0 Å². The molecule has 1 unspecified atom stereocenters. The van der Waals surface area contributed by atoms with Crippen LogP contribution in [-0.2, 0) is 6.54 Å². The van der Waals surface area contributed by atoms with Gasteiger partial charge < -0.3 is 19.5 Å². The molecule has 0 bridgehead atoms. The van der Waals surface area contributed by atoms with Crippen molar-refractivity contribution in [2.24, 2.45) is 0 Å². The Morgan fingerprint density at radius 1 is 1.25 bits per heavy atom. The fourth-order valence-corrected chi connectivity index (χ4v) is 3.53. The van der Waals surface area contributed by atoms with Crippen molar-refractivity contribution >= 4 is 22.8 Å². The number of hydrogen-bond donors (Lipinski definition) is 1. The van der Waals surface area contributed by atoms with Gasteiger partial charge >= 0.3 is 6.03 Å². The second-order valence-electron chi connectivity index (χ2n) is 7.35. The molecule has 28 heavy (non-hydrogen) atoms. The summed E-state index contributed by atoms with van der Waals surface area (Å²) >= 11 is 0. The third kappa shape index (κ3) is 3.81. The minimum Gasteiger partial charge on any atom is -0.459 e. The number of anilines is 1. The maximum absolute atomic E-state index is 12.6. The van der Waals surface area contributed by atoms with Gasteiger partial charge in [0, 0.05) is 38.3 Å². The molecule has 1 aliphatic rings. The lowest BCUT2D eigenvalue weighted by Crippen LogP contribution is -2.38. The van der Waals surface area contributed by atoms with Crippen LogP contribution in [0, 0.1) is 0 Å². The van der Waals surface area contributed by atoms with E-state index in [9.17, 15) is 4.79 Å². The number of amides is 2. The van der Waals surface area contributed by atoms with Gasteiger partial charge in [0.05, 0.1) is 6.04 Å². The fourth-order valence-electron chi connectivity index (χ4n) is 3.53. The van der Waals surface area contributed by atoms with Crippen LogP contribution in [0.1, 0.15) is 37.1 Å². The molecule has 0 radical (unpaired) electrons. The number of para-hydroxylation sites is 1. The van der Waals surface area contributed by atoms with Crippen LogP contribution >= 0.6 is 0 Å². The quantitative estimate of drug-likeness (QED) is 0.718. The van der Waals surface area contributed by atoms with E-state index in [1.807, 2.05) is 55.6 Å². The van der Waals surface area contributed by atoms with Gasteiger partial charge in [-0.25, -0.2) is 9.78 Å². The summed E-state index contributed by atoms with van der Waals surface area (Å²) in [7, 11) is 1.78. The summed E-state index contributed by atoms with van der Waals surface area (Å²) in [6.45, 7) is 4.56. The fraction of sp³-hybridized carbons (Fsp3) is 0.364. The number of carbonyl (C=O) groups excluding carboxylic acids is 1. The summed E-state index contributed by atoms with van der Waals surface area (Å²) in [5, 5.41) is 4.01. The number of fused-ring (bicyclic) bond motifs is 1. The molecule has 2 aromatic heterocycles. The Hall–Kier alpha value is -3.02. The van der Waals surface area contributed by atoms with Crippen LogP contribution < -0.4 is 10.2 Å². The largest absolute Gasteiger partial charge is 0.459 e. The molecule has 1 aromatic carbocycles. The van der Waals surface area contributed by atoms with Gasteiger partial charge in [-0.1, -0.05) is 24.3 Å². The Bertz CT molecular complexity index is 912. The Morgan fingerprint density at radius 3 is 2.75 bits per heavy atom. The predicted molar refractivity (Wildman–Crippen MR) is 110 cm³/mol. The van der Waals surface area contributed by atoms with Crippen LogP contribution in [0.15, 0.2) is 53.1 Å². The first-order valence-corrected chi connectivity index (χ1v) is 9.81. The molecule has 1 atom stereocenters. The van der Waals surface area contributed by atoms with Crippen LogP contribution in [0.25, 0.3) is 11.0 Å². The molecule has 1 aliphatic heterocycles. The van der Waals surface area contributed by atoms with Gasteiger partial charge in [0.25, 0.3) is 0 Å². The highest BCUT2D eigenvalue weighted by Crippen LogP contribution is 2.26. The molecule has 3 heterocycles. The lowest BCUT2D eigenvalue weighted by molar-refractivity contribution is 0.187. The minimum atomic E-state index is -0.164. The Labute approximate surface area is 165 Å². The van der Waals surface area contributed by atoms with Crippen molar-refractivity contribution in [3.05, 3.63) is 60.0 Å². The van der Waals surface area contributed by atoms with Crippen LogP contribution in [0.4, 0.5) is 10.6 Å². The van der Waals surface area contributed by atoms with Crippen molar-refractivity contribution in [1.29, 1.82) is 0 Å². The van der Waals surface area contributed by atoms with E-state index >= 15 is 0 Å². The minimum absolute atomic E-state index is 0.142. The van der Waals surface area contributed by atoms with Crippen molar-refractivity contribution in [1.82, 2.24) is 15.2 Å². The Balaban J connectivity index is 1.34. The number of nitrogens with zero attached hydrogens (tertiary/aromatic N) is 3. The van der Waals surface area contributed by atoms with E-state index in [2.05, 4.69) is 15.2 Å². The van der Waals surface area contributed by atoms with Crippen LogP contribution in [0.3, 0.4) is 0 Å². The summed E-state index contributed by atoms with van der Waals surface area (Å²) in [4.78, 5) is 21.1. The van der Waals surface area contributed by atoms with Gasteiger partial charge in [-0.15, -0.1) is 0 Å². The molecular formula is C22H26N4O2. The van der Waals surface area contributed by atoms with Crippen molar-refractivity contribution in [2.45, 2.75) is 32.4 Å². The van der Waals surface area contributed by atoms with Crippen LogP contribution in [0.2, 0.25) is 0 Å². The standard InChI is InChI=1S/C22H26N4O2/c1-16(20-13-18-7-3-4-8-19(18)28-20)25(2)22(27)24-15-17-9-10-21(23-14-17)26-11-5-6-12-26/h3-4,7-10,13-14,16H,5-6,11-12,15H2,1-2H3,(H,24,27). The van der Waals surface area contributed by atoms with E-state index in [1.54, 1.807) is 11.9 Å². The third-order valence-electron chi connectivity index (χ3n) is 5.44. The average molecular weight is 378 g/mol. The molecule has 6 heteroatoms. The molecular weight excluding hydrogens is 352 g/mol. The number of carbonyl (C=O) groups is 1. The molecule has 1 saturated heterocycles. The summed E-state index contributed by atoms with van der Waals surface area (Å²) in [5.74, 6) is 1.79. The third-order valence-corrected chi connectivity index (χ3v) is 5.44. The first-order valence-electron chi connectivity index (χ1n) is 9.81. The molecule has 1 N–H and O–H groups in total. The van der Waals surface area contributed by atoms with Gasteiger partial charge in [0.15, 0.2) is 0 Å². The summed E-state index contributed by atoms with van der Waals surface area (Å²) < 4.78 is 5.89. The molecule has 2 amide bonds. The zero-order valence-corrected chi connectivity index (χ0v) is 16.4. The van der Waals surface area contributed by atoms with E-state index in [-0.39, 0.29) is 12.1 Å². The van der Waals surface area contributed by atoms with Crippen LogP contribution in [0.5, 0.6) is 0 Å². The molecule has 4 rings (SSSR count). The predicted octanol–water partition coefficient (Wildman–Crippen LogP) is 4.33. The summed E-state index contributed by atoms with van der Waals surface area (Å²) in [6, 6.07) is 13.6. The topological polar surface area (TPSA) is 61.6 Å². The Kier molecular flexibility index (Phi) is 5.19. The molecule has 0 saturated carbocycles. The van der Waals surface area contributed by atoms with Crippen molar-refractivity contribution < 1.29 is 9.21 Å². The molecule has 6 nitrogen and oxygen atoms in total. The van der Waals surface area contributed by atoms with Gasteiger partial charge in [-0.05, 0) is 43.5 Å². The lowest BCUT2D eigenvalue weighted by Gasteiger charge is -2.23. The molecule has 146 valence electrons. The number of pyridine rings is 1. The van der Waals surface area contributed by atoms with E-state index in [0.29, 0.717) is 6.54 Å². The van der Waals surface area contributed by atoms with Gasteiger partial charge in [0.2, 0.25) is 0 Å². The second kappa shape index (κ2) is 7.92. The summed E-state index contributed by atoms with van der Waals surface area (Å²) in [5.41, 5.74) is 1.82. The van der Waals surface area contributed by atoms with Gasteiger partial charge in [-0.2, -0.15) is 0 Å². The molecule has 3 aromatic rings. The van der Waals surface area contributed by atoms with E-state index < -0.39 is 0 Å². The number of hydrogen-bond acceptors (Lipinski definition) is 4. The van der Waals surface area contributed by atoms with Gasteiger partial charge in [-0.3, -0.25) is 0 Å². The zero-order chi connectivity index (χ0) is 19.5. The van der Waals surface area contributed by atoms with Gasteiger partial charge in [0.1, 0.15) is 17.2 Å². The highest BCUT2D eigenvalue weighted by atomic mass is 16.3. The highest BCUT2D eigenvalue weighted by molar-refractivity contribution is 5.78. The first-order chi connectivity index (χ1) is 13.6. The highest BCUT2D eigenvalue weighted by Gasteiger charge is 2.20. The normalized spacial score (nSPS) is 15.0. The maximum atomic E-state index is 12.6. The Morgan fingerprint density at radius 2 is 2.04 bits per heavy atom. The lowest BCUT2D eigenvalue weighted by atomic mass is 10.2. The van der Waals surface area contributed by atoms with E-state index in [1.165, 1.54) is 12.8 Å².